The van der Waals surface area contributed by atoms with Gasteiger partial charge < -0.3 is 4.90 Å². The van der Waals surface area contributed by atoms with Crippen LogP contribution >= 0.6 is 0 Å². The summed E-state index contributed by atoms with van der Waals surface area (Å²) in [5, 5.41) is 0. The standard InChI is InChI=1S/C28H30N3/c1-27(2)22-19-29-16-15-24(22)30(4)25(27)17-26-28(3,18-20-11-7-6-8-12-20)21-13-9-10-14-23(21)31(26)5/h6-17,19H,18H2,1-5H3/q+1. The van der Waals surface area contributed by atoms with Gasteiger partial charge in [-0.3, -0.25) is 4.98 Å². The second kappa shape index (κ2) is 6.91. The summed E-state index contributed by atoms with van der Waals surface area (Å²) in [6, 6.07) is 21.8. The Morgan fingerprint density at radius 1 is 0.935 bits per heavy atom. The van der Waals surface area contributed by atoms with Crippen LogP contribution in [0.4, 0.5) is 11.4 Å². The van der Waals surface area contributed by atoms with E-state index in [0.717, 1.165) is 6.42 Å². The molecule has 2 aromatic carbocycles. The van der Waals surface area contributed by atoms with Crippen LogP contribution < -0.4 is 4.90 Å². The number of allylic oxidation sites excluding steroid dienone is 2. The maximum atomic E-state index is 4.41. The molecule has 1 atom stereocenters. The van der Waals surface area contributed by atoms with Gasteiger partial charge in [-0.05, 0) is 44.4 Å². The highest BCUT2D eigenvalue weighted by Crippen LogP contribution is 2.50. The molecule has 3 heteroatoms. The predicted octanol–water partition coefficient (Wildman–Crippen LogP) is 5.62. The number of benzene rings is 2. The molecule has 5 rings (SSSR count). The van der Waals surface area contributed by atoms with Crippen LogP contribution in [0.15, 0.2) is 84.8 Å². The SMILES string of the molecule is CN1C(=CC2=[N+](C)c3ccncc3C2(C)C)C(C)(Cc2ccccc2)c2ccccc21. The van der Waals surface area contributed by atoms with Gasteiger partial charge in [0.1, 0.15) is 7.05 Å². The van der Waals surface area contributed by atoms with Crippen LogP contribution in [0, 0.1) is 0 Å². The second-order valence-corrected chi connectivity index (χ2v) is 9.56. The van der Waals surface area contributed by atoms with Gasteiger partial charge in [-0.1, -0.05) is 48.5 Å². The van der Waals surface area contributed by atoms with Crippen LogP contribution in [0.1, 0.15) is 37.5 Å². The fourth-order valence-electron chi connectivity index (χ4n) is 5.57. The zero-order chi connectivity index (χ0) is 21.8. The summed E-state index contributed by atoms with van der Waals surface area (Å²) < 4.78 is 2.34. The smallest absolute Gasteiger partial charge is 0.212 e. The van der Waals surface area contributed by atoms with Crippen LogP contribution in [0.2, 0.25) is 0 Å². The van der Waals surface area contributed by atoms with Gasteiger partial charge in [0, 0.05) is 48.4 Å². The van der Waals surface area contributed by atoms with E-state index in [1.165, 1.54) is 39.5 Å². The zero-order valence-electron chi connectivity index (χ0n) is 19.1. The fraction of sp³-hybridized carbons (Fsp3) is 0.286. The van der Waals surface area contributed by atoms with Gasteiger partial charge in [-0.2, -0.15) is 4.58 Å². The Bertz CT molecular complexity index is 1220. The molecule has 0 spiro atoms. The number of para-hydroxylation sites is 1. The van der Waals surface area contributed by atoms with Crippen molar-refractivity contribution >= 4 is 17.1 Å². The minimum Gasteiger partial charge on any atom is -0.347 e. The van der Waals surface area contributed by atoms with Crippen molar-refractivity contribution in [1.29, 1.82) is 0 Å². The molecule has 0 N–H and O–H groups in total. The number of hydrogen-bond donors (Lipinski definition) is 0. The van der Waals surface area contributed by atoms with Crippen molar-refractivity contribution in [3.05, 3.63) is 102 Å². The molecular weight excluding hydrogens is 378 g/mol. The first-order valence-electron chi connectivity index (χ1n) is 11.0. The third-order valence-electron chi connectivity index (χ3n) is 7.29. The molecule has 3 nitrogen and oxygen atoms in total. The molecule has 156 valence electrons. The number of pyridine rings is 1. The average molecular weight is 409 g/mol. The van der Waals surface area contributed by atoms with Crippen molar-refractivity contribution in [3.8, 4) is 0 Å². The average Bonchev–Trinajstić information content (AvgIpc) is 3.10. The molecule has 0 amide bonds. The fourth-order valence-corrected chi connectivity index (χ4v) is 5.57. The van der Waals surface area contributed by atoms with Gasteiger partial charge in [0.05, 0.1) is 11.0 Å². The van der Waals surface area contributed by atoms with Crippen molar-refractivity contribution in [1.82, 2.24) is 4.98 Å². The van der Waals surface area contributed by atoms with E-state index in [2.05, 4.69) is 116 Å². The zero-order valence-corrected chi connectivity index (χ0v) is 19.1. The molecule has 0 aliphatic carbocycles. The van der Waals surface area contributed by atoms with E-state index >= 15 is 0 Å². The highest BCUT2D eigenvalue weighted by molar-refractivity contribution is 6.04. The van der Waals surface area contributed by atoms with E-state index < -0.39 is 0 Å². The van der Waals surface area contributed by atoms with Crippen molar-refractivity contribution in [2.24, 2.45) is 0 Å². The van der Waals surface area contributed by atoms with E-state index in [-0.39, 0.29) is 10.8 Å². The number of fused-ring (bicyclic) bond motifs is 2. The molecule has 3 aromatic rings. The molecule has 2 aliphatic heterocycles. The molecule has 0 bridgehead atoms. The van der Waals surface area contributed by atoms with Gasteiger partial charge in [-0.15, -0.1) is 0 Å². The van der Waals surface area contributed by atoms with E-state index in [4.69, 9.17) is 0 Å². The molecule has 0 fully saturated rings. The highest BCUT2D eigenvalue weighted by atomic mass is 15.2. The Hall–Kier alpha value is -3.20. The molecule has 0 saturated heterocycles. The lowest BCUT2D eigenvalue weighted by Crippen LogP contribution is -2.33. The summed E-state index contributed by atoms with van der Waals surface area (Å²) in [6.07, 6.45) is 7.31. The van der Waals surface area contributed by atoms with E-state index in [9.17, 15) is 0 Å². The number of rotatable bonds is 3. The first-order chi connectivity index (χ1) is 14.8. The first kappa shape index (κ1) is 19.7. The van der Waals surface area contributed by atoms with Crippen LogP contribution in [0.25, 0.3) is 0 Å². The number of anilines is 1. The van der Waals surface area contributed by atoms with Crippen molar-refractivity contribution in [2.45, 2.75) is 38.0 Å². The van der Waals surface area contributed by atoms with E-state index in [1.54, 1.807) is 0 Å². The third-order valence-corrected chi connectivity index (χ3v) is 7.29. The second-order valence-electron chi connectivity index (χ2n) is 9.56. The third kappa shape index (κ3) is 2.87. The molecule has 3 heterocycles. The van der Waals surface area contributed by atoms with E-state index in [0.29, 0.717) is 0 Å². The Kier molecular flexibility index (Phi) is 4.40. The maximum Gasteiger partial charge on any atom is 0.212 e. The summed E-state index contributed by atoms with van der Waals surface area (Å²) >= 11 is 0. The van der Waals surface area contributed by atoms with Crippen molar-refractivity contribution in [2.75, 3.05) is 19.0 Å². The Morgan fingerprint density at radius 3 is 2.39 bits per heavy atom. The lowest BCUT2D eigenvalue weighted by atomic mass is 9.74. The predicted molar refractivity (Wildman–Crippen MR) is 129 cm³/mol. The van der Waals surface area contributed by atoms with Gasteiger partial charge in [0.25, 0.3) is 0 Å². The summed E-state index contributed by atoms with van der Waals surface area (Å²) in [7, 11) is 4.38. The number of likely N-dealkylation sites (N-methyl/N-ethyl adjacent to an activating group) is 1. The summed E-state index contributed by atoms with van der Waals surface area (Å²) in [5.41, 5.74) is 9.02. The van der Waals surface area contributed by atoms with Crippen LogP contribution in [-0.2, 0) is 17.3 Å². The summed E-state index contributed by atoms with van der Waals surface area (Å²) in [4.78, 5) is 6.80. The lowest BCUT2D eigenvalue weighted by molar-refractivity contribution is -0.401. The summed E-state index contributed by atoms with van der Waals surface area (Å²) in [6.45, 7) is 7.01. The maximum absolute atomic E-state index is 4.41. The topological polar surface area (TPSA) is 19.1 Å². The molecule has 31 heavy (non-hydrogen) atoms. The number of aromatic nitrogens is 1. The minimum atomic E-state index is -0.107. The molecule has 0 radical (unpaired) electrons. The Morgan fingerprint density at radius 2 is 1.65 bits per heavy atom. The van der Waals surface area contributed by atoms with Crippen molar-refractivity contribution < 1.29 is 4.58 Å². The minimum absolute atomic E-state index is 0.103. The normalized spacial score (nSPS) is 22.7. The van der Waals surface area contributed by atoms with Crippen molar-refractivity contribution in [3.63, 3.8) is 0 Å². The highest BCUT2D eigenvalue weighted by Gasteiger charge is 2.47. The van der Waals surface area contributed by atoms with Crippen LogP contribution in [-0.4, -0.2) is 29.4 Å². The Balaban J connectivity index is 1.69. The van der Waals surface area contributed by atoms with E-state index in [1.807, 2.05) is 12.4 Å². The summed E-state index contributed by atoms with van der Waals surface area (Å²) in [5.74, 6) is 0. The Labute approximate surface area is 185 Å². The van der Waals surface area contributed by atoms with Gasteiger partial charge in [0.2, 0.25) is 5.69 Å². The quantitative estimate of drug-likeness (QED) is 0.524. The van der Waals surface area contributed by atoms with Crippen LogP contribution in [0.3, 0.4) is 0 Å². The molecule has 1 unspecified atom stereocenters. The van der Waals surface area contributed by atoms with Crippen LogP contribution in [0.5, 0.6) is 0 Å². The number of hydrogen-bond acceptors (Lipinski definition) is 2. The van der Waals surface area contributed by atoms with Gasteiger partial charge >= 0.3 is 0 Å². The molecule has 2 aliphatic rings. The molecular formula is C28H30N3+. The largest absolute Gasteiger partial charge is 0.347 e. The molecule has 0 saturated carbocycles. The lowest BCUT2D eigenvalue weighted by Gasteiger charge is -2.29. The monoisotopic (exact) mass is 408 g/mol. The van der Waals surface area contributed by atoms with Gasteiger partial charge in [-0.25, -0.2) is 0 Å². The first-order valence-corrected chi connectivity index (χ1v) is 11.0. The number of nitrogens with zero attached hydrogens (tertiary/aromatic N) is 3. The van der Waals surface area contributed by atoms with Gasteiger partial charge in [0.15, 0.2) is 5.71 Å². The molecule has 1 aromatic heterocycles.